The summed E-state index contributed by atoms with van der Waals surface area (Å²) in [5, 5.41) is 0. The van der Waals surface area contributed by atoms with Crippen LogP contribution < -0.4 is 10.0 Å². The van der Waals surface area contributed by atoms with Crippen LogP contribution in [0, 0.1) is 20.8 Å². The van der Waals surface area contributed by atoms with Crippen molar-refractivity contribution in [1.29, 1.82) is 0 Å². The molecule has 112 valence electrons. The summed E-state index contributed by atoms with van der Waals surface area (Å²) in [7, 11) is -2.07. The number of nitrogens with two attached hydrogens (primary N) is 1. The van der Waals surface area contributed by atoms with Crippen molar-refractivity contribution in [3.8, 4) is 0 Å². The van der Waals surface area contributed by atoms with Crippen molar-refractivity contribution in [2.45, 2.75) is 25.7 Å². The molecule has 2 rings (SSSR count). The molecule has 0 aromatic heterocycles. The van der Waals surface area contributed by atoms with Crippen molar-refractivity contribution in [3.63, 3.8) is 0 Å². The van der Waals surface area contributed by atoms with Gasteiger partial charge in [-0.2, -0.15) is 0 Å². The van der Waals surface area contributed by atoms with Crippen LogP contribution in [0.4, 0.5) is 11.4 Å². The summed E-state index contributed by atoms with van der Waals surface area (Å²) < 4.78 is 27.1. The topological polar surface area (TPSA) is 63.4 Å². The van der Waals surface area contributed by atoms with Gasteiger partial charge < -0.3 is 5.73 Å². The number of benzene rings is 2. The summed E-state index contributed by atoms with van der Waals surface area (Å²) in [4.78, 5) is 0.255. The van der Waals surface area contributed by atoms with E-state index < -0.39 is 10.0 Å². The number of nitrogens with zero attached hydrogens (tertiary/aromatic N) is 1. The van der Waals surface area contributed by atoms with Crippen LogP contribution in [0.15, 0.2) is 41.3 Å². The van der Waals surface area contributed by atoms with Crippen LogP contribution in [0.2, 0.25) is 0 Å². The van der Waals surface area contributed by atoms with Crippen LogP contribution in [0.3, 0.4) is 0 Å². The zero-order chi connectivity index (χ0) is 15.8. The molecular formula is C16H20N2O2S. The molecule has 0 fully saturated rings. The average molecular weight is 304 g/mol. The molecule has 2 aromatic rings. The number of aryl methyl sites for hydroxylation is 2. The normalized spacial score (nSPS) is 11.4. The Bertz CT molecular complexity index is 783. The number of hydrogen-bond acceptors (Lipinski definition) is 3. The molecule has 21 heavy (non-hydrogen) atoms. The highest BCUT2D eigenvalue weighted by Crippen LogP contribution is 2.29. The minimum Gasteiger partial charge on any atom is -0.398 e. The van der Waals surface area contributed by atoms with Crippen molar-refractivity contribution >= 4 is 21.4 Å². The molecule has 2 aromatic carbocycles. The largest absolute Gasteiger partial charge is 0.398 e. The van der Waals surface area contributed by atoms with Crippen LogP contribution in [-0.4, -0.2) is 15.5 Å². The second-order valence-electron chi connectivity index (χ2n) is 5.24. The Labute approximate surface area is 126 Å². The summed E-state index contributed by atoms with van der Waals surface area (Å²) in [5.74, 6) is 0. The summed E-state index contributed by atoms with van der Waals surface area (Å²) in [6, 6.07) is 10.8. The molecule has 0 amide bonds. The predicted octanol–water partition coefficient (Wildman–Crippen LogP) is 3.02. The van der Waals surface area contributed by atoms with Crippen LogP contribution in [-0.2, 0) is 10.0 Å². The van der Waals surface area contributed by atoms with Gasteiger partial charge in [-0.3, -0.25) is 4.31 Å². The number of nitrogen functional groups attached to an aromatic ring is 1. The maximum Gasteiger partial charge on any atom is 0.264 e. The smallest absolute Gasteiger partial charge is 0.264 e. The summed E-state index contributed by atoms with van der Waals surface area (Å²) in [6.07, 6.45) is 0. The molecule has 0 radical (unpaired) electrons. The van der Waals surface area contributed by atoms with Gasteiger partial charge in [-0.05, 0) is 55.7 Å². The van der Waals surface area contributed by atoms with E-state index in [0.29, 0.717) is 16.9 Å². The number of rotatable bonds is 3. The van der Waals surface area contributed by atoms with Gasteiger partial charge in [-0.15, -0.1) is 0 Å². The van der Waals surface area contributed by atoms with Gasteiger partial charge in [-0.1, -0.05) is 18.2 Å². The van der Waals surface area contributed by atoms with Crippen molar-refractivity contribution < 1.29 is 8.42 Å². The lowest BCUT2D eigenvalue weighted by Crippen LogP contribution is -2.28. The molecule has 0 aliphatic heterocycles. The van der Waals surface area contributed by atoms with E-state index >= 15 is 0 Å². The van der Waals surface area contributed by atoms with Crippen molar-refractivity contribution in [2.24, 2.45) is 0 Å². The number of hydrogen-bond donors (Lipinski definition) is 1. The highest BCUT2D eigenvalue weighted by molar-refractivity contribution is 7.92. The first-order valence-electron chi connectivity index (χ1n) is 6.66. The zero-order valence-electron chi connectivity index (χ0n) is 12.7. The third-order valence-corrected chi connectivity index (χ3v) is 5.54. The molecular weight excluding hydrogens is 284 g/mol. The SMILES string of the molecule is Cc1cc(N)c(C)c(S(=O)(=O)N(C)c2ccccc2C)c1. The highest BCUT2D eigenvalue weighted by Gasteiger charge is 2.25. The van der Waals surface area contributed by atoms with Gasteiger partial charge in [0.25, 0.3) is 10.0 Å². The van der Waals surface area contributed by atoms with E-state index in [1.807, 2.05) is 32.0 Å². The van der Waals surface area contributed by atoms with Gasteiger partial charge in [0.2, 0.25) is 0 Å². The number of anilines is 2. The monoisotopic (exact) mass is 304 g/mol. The molecule has 0 bridgehead atoms. The quantitative estimate of drug-likeness (QED) is 0.887. The molecule has 0 saturated carbocycles. The first-order valence-corrected chi connectivity index (χ1v) is 8.10. The number of para-hydroxylation sites is 1. The van der Waals surface area contributed by atoms with E-state index in [2.05, 4.69) is 0 Å². The predicted molar refractivity (Wildman–Crippen MR) is 87.1 cm³/mol. The number of sulfonamides is 1. The highest BCUT2D eigenvalue weighted by atomic mass is 32.2. The van der Waals surface area contributed by atoms with Crippen LogP contribution in [0.25, 0.3) is 0 Å². The lowest BCUT2D eigenvalue weighted by Gasteiger charge is -2.23. The van der Waals surface area contributed by atoms with Gasteiger partial charge in [0.15, 0.2) is 0 Å². The Morgan fingerprint density at radius 2 is 1.67 bits per heavy atom. The van der Waals surface area contributed by atoms with E-state index in [0.717, 1.165) is 11.1 Å². The lowest BCUT2D eigenvalue weighted by molar-refractivity contribution is 0.593. The van der Waals surface area contributed by atoms with Gasteiger partial charge in [0.1, 0.15) is 0 Å². The Morgan fingerprint density at radius 3 is 2.29 bits per heavy atom. The molecule has 0 heterocycles. The molecule has 0 aliphatic carbocycles. The van der Waals surface area contributed by atoms with Crippen molar-refractivity contribution in [3.05, 3.63) is 53.1 Å². The fourth-order valence-electron chi connectivity index (χ4n) is 2.31. The molecule has 4 nitrogen and oxygen atoms in total. The minimum absolute atomic E-state index is 0.255. The van der Waals surface area contributed by atoms with Crippen molar-refractivity contribution in [2.75, 3.05) is 17.1 Å². The lowest BCUT2D eigenvalue weighted by atomic mass is 10.1. The van der Waals surface area contributed by atoms with Gasteiger partial charge >= 0.3 is 0 Å². The van der Waals surface area contributed by atoms with E-state index in [1.54, 1.807) is 32.2 Å². The molecule has 0 aliphatic rings. The summed E-state index contributed by atoms with van der Waals surface area (Å²) in [6.45, 7) is 5.45. The van der Waals surface area contributed by atoms with Crippen LogP contribution in [0.1, 0.15) is 16.7 Å². The van der Waals surface area contributed by atoms with E-state index in [-0.39, 0.29) is 4.90 Å². The molecule has 0 spiro atoms. The van der Waals surface area contributed by atoms with E-state index in [9.17, 15) is 8.42 Å². The molecule has 2 N–H and O–H groups in total. The minimum atomic E-state index is -3.64. The molecule has 0 saturated heterocycles. The Morgan fingerprint density at radius 1 is 1.05 bits per heavy atom. The third-order valence-electron chi connectivity index (χ3n) is 3.64. The Hall–Kier alpha value is -2.01. The molecule has 0 unspecified atom stereocenters. The molecule has 0 atom stereocenters. The van der Waals surface area contributed by atoms with Gasteiger partial charge in [-0.25, -0.2) is 8.42 Å². The maximum atomic E-state index is 12.9. The summed E-state index contributed by atoms with van der Waals surface area (Å²) >= 11 is 0. The first-order chi connectivity index (χ1) is 9.75. The standard InChI is InChI=1S/C16H20N2O2S/c1-11-9-14(17)13(3)16(10-11)21(19,20)18(4)15-8-6-5-7-12(15)2/h5-10H,17H2,1-4H3. The second-order valence-corrected chi connectivity index (χ2v) is 7.17. The van der Waals surface area contributed by atoms with E-state index in [4.69, 9.17) is 5.73 Å². The fourth-order valence-corrected chi connectivity index (χ4v) is 3.91. The van der Waals surface area contributed by atoms with Gasteiger partial charge in [0, 0.05) is 12.7 Å². The van der Waals surface area contributed by atoms with Crippen LogP contribution >= 0.6 is 0 Å². The zero-order valence-corrected chi connectivity index (χ0v) is 13.5. The van der Waals surface area contributed by atoms with E-state index in [1.165, 1.54) is 4.31 Å². The maximum absolute atomic E-state index is 12.9. The molecule has 5 heteroatoms. The Balaban J connectivity index is 2.60. The third kappa shape index (κ3) is 2.74. The van der Waals surface area contributed by atoms with Crippen LogP contribution in [0.5, 0.6) is 0 Å². The average Bonchev–Trinajstić information content (AvgIpc) is 2.42. The first kappa shape index (κ1) is 15.4. The second kappa shape index (κ2) is 5.41. The van der Waals surface area contributed by atoms with Gasteiger partial charge in [0.05, 0.1) is 10.6 Å². The summed E-state index contributed by atoms with van der Waals surface area (Å²) in [5.41, 5.74) is 9.38. The van der Waals surface area contributed by atoms with Crippen molar-refractivity contribution in [1.82, 2.24) is 0 Å². The fraction of sp³-hybridized carbons (Fsp3) is 0.250. The Kier molecular flexibility index (Phi) is 3.96.